The Morgan fingerprint density at radius 3 is 2.67 bits per heavy atom. The Morgan fingerprint density at radius 1 is 0.933 bits per heavy atom. The summed E-state index contributed by atoms with van der Waals surface area (Å²) in [7, 11) is 0. The number of aryl methyl sites for hydroxylation is 1. The van der Waals surface area contributed by atoms with E-state index in [0.717, 1.165) is 6.42 Å². The quantitative estimate of drug-likeness (QED) is 0.541. The zero-order valence-corrected chi connectivity index (χ0v) is 9.47. The number of hydrogen-bond donors (Lipinski definition) is 0. The SMILES string of the molecule is Cc1ccc2c(c1)Cc1ccccc1S2. The van der Waals surface area contributed by atoms with Crippen LogP contribution in [0, 0.1) is 6.92 Å². The molecule has 0 fully saturated rings. The van der Waals surface area contributed by atoms with E-state index in [0.29, 0.717) is 0 Å². The largest absolute Gasteiger partial charge is 0.0895 e. The van der Waals surface area contributed by atoms with E-state index in [2.05, 4.69) is 49.4 Å². The number of benzene rings is 2. The van der Waals surface area contributed by atoms with Crippen molar-refractivity contribution in [2.45, 2.75) is 23.1 Å². The summed E-state index contributed by atoms with van der Waals surface area (Å²) in [6, 6.07) is 15.4. The van der Waals surface area contributed by atoms with Gasteiger partial charge < -0.3 is 0 Å². The highest BCUT2D eigenvalue weighted by atomic mass is 32.2. The van der Waals surface area contributed by atoms with Gasteiger partial charge in [0, 0.05) is 9.79 Å². The van der Waals surface area contributed by atoms with Gasteiger partial charge in [0.25, 0.3) is 0 Å². The third-order valence-electron chi connectivity index (χ3n) is 2.79. The third-order valence-corrected chi connectivity index (χ3v) is 4.03. The second-order valence-electron chi connectivity index (χ2n) is 4.00. The lowest BCUT2D eigenvalue weighted by Gasteiger charge is -2.18. The molecule has 1 aliphatic rings. The van der Waals surface area contributed by atoms with E-state index in [4.69, 9.17) is 0 Å². The first-order valence-corrected chi connectivity index (χ1v) is 6.00. The zero-order chi connectivity index (χ0) is 10.3. The maximum Gasteiger partial charge on any atom is 0.0158 e. The van der Waals surface area contributed by atoms with Crippen LogP contribution in [0.15, 0.2) is 52.3 Å². The minimum absolute atomic E-state index is 1.08. The Bertz CT molecular complexity index is 514. The number of rotatable bonds is 0. The molecule has 0 amide bonds. The molecule has 0 saturated carbocycles. The molecular formula is C14H12S. The van der Waals surface area contributed by atoms with Crippen LogP contribution in [0.3, 0.4) is 0 Å². The third kappa shape index (κ3) is 1.57. The van der Waals surface area contributed by atoms with E-state index in [1.54, 1.807) is 0 Å². The molecular weight excluding hydrogens is 200 g/mol. The molecule has 0 spiro atoms. The molecule has 1 heteroatoms. The monoisotopic (exact) mass is 212 g/mol. The lowest BCUT2D eigenvalue weighted by atomic mass is 10.0. The molecule has 0 aliphatic carbocycles. The minimum atomic E-state index is 1.08. The summed E-state index contributed by atoms with van der Waals surface area (Å²) in [5.74, 6) is 0. The molecule has 0 nitrogen and oxygen atoms in total. The summed E-state index contributed by atoms with van der Waals surface area (Å²) < 4.78 is 0. The lowest BCUT2D eigenvalue weighted by Crippen LogP contribution is -1.99. The molecule has 74 valence electrons. The van der Waals surface area contributed by atoms with E-state index < -0.39 is 0 Å². The van der Waals surface area contributed by atoms with E-state index in [1.807, 2.05) is 11.8 Å². The van der Waals surface area contributed by atoms with Gasteiger partial charge in [-0.25, -0.2) is 0 Å². The Hall–Kier alpha value is -1.21. The van der Waals surface area contributed by atoms with Crippen LogP contribution in [0.5, 0.6) is 0 Å². The molecule has 0 bridgehead atoms. The van der Waals surface area contributed by atoms with Gasteiger partial charge in [-0.2, -0.15) is 0 Å². The highest BCUT2D eigenvalue weighted by Gasteiger charge is 2.14. The minimum Gasteiger partial charge on any atom is -0.0895 e. The van der Waals surface area contributed by atoms with E-state index in [1.165, 1.54) is 26.5 Å². The predicted octanol–water partition coefficient (Wildman–Crippen LogP) is 4.05. The van der Waals surface area contributed by atoms with Crippen molar-refractivity contribution in [3.63, 3.8) is 0 Å². The van der Waals surface area contributed by atoms with E-state index in [9.17, 15) is 0 Å². The Morgan fingerprint density at radius 2 is 1.73 bits per heavy atom. The first-order chi connectivity index (χ1) is 7.33. The molecule has 3 rings (SSSR count). The van der Waals surface area contributed by atoms with Crippen molar-refractivity contribution in [2.75, 3.05) is 0 Å². The smallest absolute Gasteiger partial charge is 0.0158 e. The van der Waals surface area contributed by atoms with Gasteiger partial charge >= 0.3 is 0 Å². The summed E-state index contributed by atoms with van der Waals surface area (Å²) in [6.45, 7) is 2.16. The van der Waals surface area contributed by atoms with Crippen LogP contribution in [0.25, 0.3) is 0 Å². The molecule has 1 aliphatic heterocycles. The lowest BCUT2D eigenvalue weighted by molar-refractivity contribution is 1.05. The topological polar surface area (TPSA) is 0 Å². The Balaban J connectivity index is 2.11. The van der Waals surface area contributed by atoms with Crippen LogP contribution in [0.2, 0.25) is 0 Å². The summed E-state index contributed by atoms with van der Waals surface area (Å²) in [5.41, 5.74) is 4.29. The molecule has 0 saturated heterocycles. The summed E-state index contributed by atoms with van der Waals surface area (Å²) in [5, 5.41) is 0. The van der Waals surface area contributed by atoms with Crippen molar-refractivity contribution in [1.82, 2.24) is 0 Å². The normalized spacial score (nSPS) is 13.1. The molecule has 2 aromatic rings. The van der Waals surface area contributed by atoms with Crippen LogP contribution >= 0.6 is 11.8 Å². The maximum absolute atomic E-state index is 2.30. The molecule has 1 heterocycles. The van der Waals surface area contributed by atoms with Crippen LogP contribution in [0.1, 0.15) is 16.7 Å². The average molecular weight is 212 g/mol. The fourth-order valence-electron chi connectivity index (χ4n) is 2.02. The van der Waals surface area contributed by atoms with Gasteiger partial charge in [-0.05, 0) is 36.6 Å². The van der Waals surface area contributed by atoms with Crippen LogP contribution in [0.4, 0.5) is 0 Å². The van der Waals surface area contributed by atoms with Crippen molar-refractivity contribution >= 4 is 11.8 Å². The van der Waals surface area contributed by atoms with Gasteiger partial charge in [-0.1, -0.05) is 47.7 Å². The molecule has 0 aromatic heterocycles. The van der Waals surface area contributed by atoms with Crippen LogP contribution < -0.4 is 0 Å². The van der Waals surface area contributed by atoms with Crippen molar-refractivity contribution < 1.29 is 0 Å². The van der Waals surface area contributed by atoms with Crippen molar-refractivity contribution in [2.24, 2.45) is 0 Å². The zero-order valence-electron chi connectivity index (χ0n) is 8.66. The van der Waals surface area contributed by atoms with Gasteiger partial charge in [0.1, 0.15) is 0 Å². The number of fused-ring (bicyclic) bond motifs is 2. The van der Waals surface area contributed by atoms with Crippen LogP contribution in [-0.2, 0) is 6.42 Å². The molecule has 15 heavy (non-hydrogen) atoms. The van der Waals surface area contributed by atoms with Crippen molar-refractivity contribution in [3.05, 3.63) is 59.2 Å². The van der Waals surface area contributed by atoms with E-state index >= 15 is 0 Å². The van der Waals surface area contributed by atoms with E-state index in [-0.39, 0.29) is 0 Å². The summed E-state index contributed by atoms with van der Waals surface area (Å²) in [4.78, 5) is 2.83. The standard InChI is InChI=1S/C14H12S/c1-10-6-7-14-12(8-10)9-11-4-2-3-5-13(11)15-14/h2-8H,9H2,1H3. The van der Waals surface area contributed by atoms with Gasteiger partial charge in [0.15, 0.2) is 0 Å². The van der Waals surface area contributed by atoms with Gasteiger partial charge in [0.05, 0.1) is 0 Å². The molecule has 2 aromatic carbocycles. The van der Waals surface area contributed by atoms with Crippen molar-refractivity contribution in [3.8, 4) is 0 Å². The molecule has 0 radical (unpaired) electrons. The highest BCUT2D eigenvalue weighted by Crippen LogP contribution is 2.39. The van der Waals surface area contributed by atoms with Gasteiger partial charge in [-0.15, -0.1) is 0 Å². The first-order valence-electron chi connectivity index (χ1n) is 5.18. The first kappa shape index (κ1) is 9.05. The van der Waals surface area contributed by atoms with Crippen LogP contribution in [-0.4, -0.2) is 0 Å². The molecule has 0 unspecified atom stereocenters. The van der Waals surface area contributed by atoms with Gasteiger partial charge in [-0.3, -0.25) is 0 Å². The second kappa shape index (κ2) is 3.42. The number of hydrogen-bond acceptors (Lipinski definition) is 1. The predicted molar refractivity (Wildman–Crippen MR) is 64.6 cm³/mol. The summed E-state index contributed by atoms with van der Waals surface area (Å²) >= 11 is 1.89. The second-order valence-corrected chi connectivity index (χ2v) is 5.08. The summed E-state index contributed by atoms with van der Waals surface area (Å²) in [6.07, 6.45) is 1.08. The van der Waals surface area contributed by atoms with Gasteiger partial charge in [0.2, 0.25) is 0 Å². The molecule has 0 N–H and O–H groups in total. The Labute approximate surface area is 94.3 Å². The average Bonchev–Trinajstić information content (AvgIpc) is 2.26. The maximum atomic E-state index is 2.30. The fraction of sp³-hybridized carbons (Fsp3) is 0.143. The Kier molecular flexibility index (Phi) is 2.06. The fourth-order valence-corrected chi connectivity index (χ4v) is 3.07. The highest BCUT2D eigenvalue weighted by molar-refractivity contribution is 7.99. The molecule has 0 atom stereocenters. The van der Waals surface area contributed by atoms with Crippen molar-refractivity contribution in [1.29, 1.82) is 0 Å².